The highest BCUT2D eigenvalue weighted by atomic mass is 16.5. The van der Waals surface area contributed by atoms with Crippen molar-refractivity contribution in [1.82, 2.24) is 5.32 Å². The molecule has 0 amide bonds. The van der Waals surface area contributed by atoms with Crippen LogP contribution in [0.5, 0.6) is 0 Å². The smallest absolute Gasteiger partial charge is 0.0952 e. The van der Waals surface area contributed by atoms with Gasteiger partial charge in [0.1, 0.15) is 0 Å². The van der Waals surface area contributed by atoms with Crippen LogP contribution in [0, 0.1) is 0 Å². The van der Waals surface area contributed by atoms with E-state index in [4.69, 9.17) is 4.74 Å². The topological polar surface area (TPSA) is 21.3 Å². The molecule has 2 heteroatoms. The molecule has 0 radical (unpaired) electrons. The summed E-state index contributed by atoms with van der Waals surface area (Å²) < 4.78 is 5.90. The van der Waals surface area contributed by atoms with E-state index in [9.17, 15) is 0 Å². The van der Waals surface area contributed by atoms with Gasteiger partial charge in [-0.2, -0.15) is 0 Å². The molecular formula is C13H19NO. The fraction of sp³-hybridized carbons (Fsp3) is 0.538. The van der Waals surface area contributed by atoms with Gasteiger partial charge >= 0.3 is 0 Å². The highest BCUT2D eigenvalue weighted by Crippen LogP contribution is 2.37. The standard InChI is InChI=1S/C13H19NO/c1-13(2)9-15-12(8-14-3)10-6-4-5-7-11(10)13/h4-7,12,14H,8-9H2,1-3H3/t12-/m0/s1. The SMILES string of the molecule is CNC[C@@H]1OCC(C)(C)c2ccccc21. The van der Waals surface area contributed by atoms with E-state index >= 15 is 0 Å². The summed E-state index contributed by atoms with van der Waals surface area (Å²) in [5, 5.41) is 3.18. The summed E-state index contributed by atoms with van der Waals surface area (Å²) in [5.74, 6) is 0. The normalized spacial score (nSPS) is 23.5. The Hall–Kier alpha value is -0.860. The van der Waals surface area contributed by atoms with Gasteiger partial charge in [-0.15, -0.1) is 0 Å². The molecule has 0 unspecified atom stereocenters. The van der Waals surface area contributed by atoms with Gasteiger partial charge in [0.25, 0.3) is 0 Å². The number of rotatable bonds is 2. The molecule has 1 aliphatic rings. The Bertz CT molecular complexity index is 346. The maximum absolute atomic E-state index is 5.90. The Morgan fingerprint density at radius 1 is 1.40 bits per heavy atom. The fourth-order valence-electron chi connectivity index (χ4n) is 2.22. The zero-order chi connectivity index (χ0) is 10.9. The second kappa shape index (κ2) is 3.95. The predicted octanol–water partition coefficient (Wildman–Crippen LogP) is 2.25. The van der Waals surface area contributed by atoms with Crippen molar-refractivity contribution < 1.29 is 4.74 Å². The van der Waals surface area contributed by atoms with E-state index in [1.54, 1.807) is 0 Å². The predicted molar refractivity (Wildman–Crippen MR) is 62.1 cm³/mol. The van der Waals surface area contributed by atoms with Crippen LogP contribution in [0.1, 0.15) is 31.1 Å². The summed E-state index contributed by atoms with van der Waals surface area (Å²) in [7, 11) is 1.96. The van der Waals surface area contributed by atoms with Crippen LogP contribution in [-0.2, 0) is 10.2 Å². The molecular weight excluding hydrogens is 186 g/mol. The summed E-state index contributed by atoms with van der Waals surface area (Å²) >= 11 is 0. The third kappa shape index (κ3) is 1.92. The van der Waals surface area contributed by atoms with E-state index in [0.717, 1.165) is 13.2 Å². The Balaban J connectivity index is 2.39. The van der Waals surface area contributed by atoms with Crippen molar-refractivity contribution in [1.29, 1.82) is 0 Å². The van der Waals surface area contributed by atoms with E-state index in [0.29, 0.717) is 0 Å². The largest absolute Gasteiger partial charge is 0.371 e. The highest BCUT2D eigenvalue weighted by Gasteiger charge is 2.32. The number of ether oxygens (including phenoxy) is 1. The van der Waals surface area contributed by atoms with E-state index in [1.165, 1.54) is 11.1 Å². The maximum Gasteiger partial charge on any atom is 0.0952 e. The molecule has 1 aromatic rings. The van der Waals surface area contributed by atoms with E-state index in [-0.39, 0.29) is 11.5 Å². The van der Waals surface area contributed by atoms with E-state index in [2.05, 4.69) is 43.4 Å². The molecule has 1 aliphatic heterocycles. The summed E-state index contributed by atoms with van der Waals surface area (Å²) in [4.78, 5) is 0. The van der Waals surface area contributed by atoms with Crippen molar-refractivity contribution in [3.8, 4) is 0 Å². The van der Waals surface area contributed by atoms with Crippen LogP contribution in [0.15, 0.2) is 24.3 Å². The molecule has 0 bridgehead atoms. The van der Waals surface area contributed by atoms with Gasteiger partial charge in [-0.25, -0.2) is 0 Å². The van der Waals surface area contributed by atoms with E-state index < -0.39 is 0 Å². The van der Waals surface area contributed by atoms with Crippen LogP contribution in [0.4, 0.5) is 0 Å². The van der Waals surface area contributed by atoms with E-state index in [1.807, 2.05) is 7.05 Å². The molecule has 1 heterocycles. The summed E-state index contributed by atoms with van der Waals surface area (Å²) in [6.07, 6.45) is 0.208. The number of hydrogen-bond acceptors (Lipinski definition) is 2. The molecule has 0 spiro atoms. The number of fused-ring (bicyclic) bond motifs is 1. The average Bonchev–Trinajstić information content (AvgIpc) is 2.23. The van der Waals surface area contributed by atoms with Crippen molar-refractivity contribution in [3.05, 3.63) is 35.4 Å². The van der Waals surface area contributed by atoms with Gasteiger partial charge in [-0.3, -0.25) is 0 Å². The molecule has 15 heavy (non-hydrogen) atoms. The van der Waals surface area contributed by atoms with Crippen molar-refractivity contribution in [3.63, 3.8) is 0 Å². The molecule has 0 aromatic heterocycles. The summed E-state index contributed by atoms with van der Waals surface area (Å²) in [5.41, 5.74) is 2.90. The fourth-order valence-corrected chi connectivity index (χ4v) is 2.22. The molecule has 2 nitrogen and oxygen atoms in total. The third-order valence-corrected chi connectivity index (χ3v) is 3.07. The zero-order valence-corrected chi connectivity index (χ0v) is 9.71. The molecule has 0 fully saturated rings. The third-order valence-electron chi connectivity index (χ3n) is 3.07. The highest BCUT2D eigenvalue weighted by molar-refractivity contribution is 5.37. The van der Waals surface area contributed by atoms with Crippen molar-refractivity contribution >= 4 is 0 Å². The van der Waals surface area contributed by atoms with Crippen LogP contribution in [0.25, 0.3) is 0 Å². The van der Waals surface area contributed by atoms with Crippen LogP contribution in [0.2, 0.25) is 0 Å². The Morgan fingerprint density at radius 3 is 2.87 bits per heavy atom. The van der Waals surface area contributed by atoms with Crippen LogP contribution in [0.3, 0.4) is 0 Å². The number of hydrogen-bond donors (Lipinski definition) is 1. The van der Waals surface area contributed by atoms with Crippen LogP contribution in [-0.4, -0.2) is 20.2 Å². The first-order valence-corrected chi connectivity index (χ1v) is 5.51. The molecule has 1 aromatic carbocycles. The lowest BCUT2D eigenvalue weighted by Gasteiger charge is -2.37. The minimum absolute atomic E-state index is 0.140. The Morgan fingerprint density at radius 2 is 2.13 bits per heavy atom. The lowest BCUT2D eigenvalue weighted by atomic mass is 9.79. The first-order valence-electron chi connectivity index (χ1n) is 5.51. The molecule has 1 N–H and O–H groups in total. The number of nitrogens with one attached hydrogen (secondary N) is 1. The summed E-state index contributed by atoms with van der Waals surface area (Å²) in [6.45, 7) is 6.16. The van der Waals surface area contributed by atoms with Crippen molar-refractivity contribution in [2.45, 2.75) is 25.4 Å². The zero-order valence-electron chi connectivity index (χ0n) is 9.71. The molecule has 2 rings (SSSR count). The van der Waals surface area contributed by atoms with Gasteiger partial charge in [0.15, 0.2) is 0 Å². The Labute approximate surface area is 91.6 Å². The van der Waals surface area contributed by atoms with Gasteiger partial charge in [-0.1, -0.05) is 38.1 Å². The van der Waals surface area contributed by atoms with Crippen molar-refractivity contribution in [2.75, 3.05) is 20.2 Å². The minimum atomic E-state index is 0.140. The second-order valence-corrected chi connectivity index (χ2v) is 4.83. The lowest BCUT2D eigenvalue weighted by molar-refractivity contribution is 0.00835. The van der Waals surface area contributed by atoms with Crippen molar-refractivity contribution in [2.24, 2.45) is 0 Å². The van der Waals surface area contributed by atoms with Crippen LogP contribution >= 0.6 is 0 Å². The summed E-state index contributed by atoms with van der Waals surface area (Å²) in [6, 6.07) is 8.60. The molecule has 1 atom stereocenters. The van der Waals surface area contributed by atoms with Gasteiger partial charge in [0, 0.05) is 12.0 Å². The second-order valence-electron chi connectivity index (χ2n) is 4.83. The van der Waals surface area contributed by atoms with Crippen LogP contribution < -0.4 is 5.32 Å². The molecule has 0 saturated carbocycles. The number of likely N-dealkylation sites (N-methyl/N-ethyl adjacent to an activating group) is 1. The van der Waals surface area contributed by atoms with Gasteiger partial charge < -0.3 is 10.1 Å². The molecule has 82 valence electrons. The van der Waals surface area contributed by atoms with Gasteiger partial charge in [0.05, 0.1) is 12.7 Å². The first-order chi connectivity index (χ1) is 7.15. The average molecular weight is 205 g/mol. The Kier molecular flexibility index (Phi) is 2.81. The number of benzene rings is 1. The van der Waals surface area contributed by atoms with Gasteiger partial charge in [0.2, 0.25) is 0 Å². The molecule has 0 saturated heterocycles. The molecule has 0 aliphatic carbocycles. The quantitative estimate of drug-likeness (QED) is 0.799. The minimum Gasteiger partial charge on any atom is -0.371 e. The van der Waals surface area contributed by atoms with Gasteiger partial charge in [-0.05, 0) is 18.2 Å². The monoisotopic (exact) mass is 205 g/mol. The first kappa shape index (κ1) is 10.7. The maximum atomic E-state index is 5.90. The lowest BCUT2D eigenvalue weighted by Crippen LogP contribution is -2.35.